The fourth-order valence-corrected chi connectivity index (χ4v) is 4.09. The molecule has 28 heavy (non-hydrogen) atoms. The van der Waals surface area contributed by atoms with Crippen molar-refractivity contribution in [1.82, 2.24) is 14.9 Å². The van der Waals surface area contributed by atoms with Gasteiger partial charge in [-0.1, -0.05) is 0 Å². The average molecular weight is 384 g/mol. The summed E-state index contributed by atoms with van der Waals surface area (Å²) in [7, 11) is 2.02. The third-order valence-corrected chi connectivity index (χ3v) is 5.93. The van der Waals surface area contributed by atoms with E-state index in [9.17, 15) is 9.18 Å². The first-order valence-electron chi connectivity index (χ1n) is 9.66. The molecule has 6 nitrogen and oxygen atoms in total. The van der Waals surface area contributed by atoms with Crippen LogP contribution in [0.1, 0.15) is 35.4 Å². The number of aryl methyl sites for hydroxylation is 1. The number of rotatable bonds is 3. The molecule has 1 aromatic heterocycles. The molecule has 0 aliphatic carbocycles. The van der Waals surface area contributed by atoms with Crippen LogP contribution < -0.4 is 4.90 Å². The molecule has 0 saturated carbocycles. The van der Waals surface area contributed by atoms with Crippen molar-refractivity contribution >= 4 is 11.6 Å². The average Bonchev–Trinajstić information content (AvgIpc) is 3.12. The predicted molar refractivity (Wildman–Crippen MR) is 104 cm³/mol. The van der Waals surface area contributed by atoms with Gasteiger partial charge in [0.05, 0.1) is 30.1 Å². The minimum atomic E-state index is -0.230. The number of piperidine rings is 1. The highest BCUT2D eigenvalue weighted by molar-refractivity contribution is 5.92. The number of hydrogen-bond acceptors (Lipinski definition) is 5. The number of likely N-dealkylation sites (tertiary alicyclic amines) is 1. The van der Waals surface area contributed by atoms with Gasteiger partial charge in [-0.3, -0.25) is 9.78 Å². The number of benzene rings is 1. The first-order chi connectivity index (χ1) is 13.5. The molecule has 0 bridgehead atoms. The minimum absolute atomic E-state index is 0.0691. The normalized spacial score (nSPS) is 21.1. The molecule has 7 heteroatoms. The van der Waals surface area contributed by atoms with Crippen LogP contribution in [-0.4, -0.2) is 59.2 Å². The Bertz CT molecular complexity index is 832. The van der Waals surface area contributed by atoms with Gasteiger partial charge in [0.15, 0.2) is 0 Å². The van der Waals surface area contributed by atoms with Gasteiger partial charge in [-0.15, -0.1) is 0 Å². The quantitative estimate of drug-likeness (QED) is 0.815. The van der Waals surface area contributed by atoms with E-state index in [-0.39, 0.29) is 23.4 Å². The van der Waals surface area contributed by atoms with Crippen LogP contribution in [0.15, 0.2) is 36.7 Å². The third kappa shape index (κ3) is 3.71. The lowest BCUT2D eigenvalue weighted by atomic mass is 9.87. The lowest BCUT2D eigenvalue weighted by Crippen LogP contribution is -2.47. The van der Waals surface area contributed by atoms with Crippen LogP contribution >= 0.6 is 0 Å². The lowest BCUT2D eigenvalue weighted by molar-refractivity contribution is -0.0389. The van der Waals surface area contributed by atoms with E-state index in [4.69, 9.17) is 4.74 Å². The van der Waals surface area contributed by atoms with E-state index in [0.717, 1.165) is 30.6 Å². The van der Waals surface area contributed by atoms with E-state index in [0.29, 0.717) is 25.4 Å². The standard InChI is InChI=1S/C21H25FN4O2/c1-15-12-24-19(13-23-15)20(27)26-9-7-21(8-10-26)11-18(14-28-21)25(2)17-5-3-16(22)4-6-17/h3-6,12-13,18H,7-11,14H2,1-2H3. The van der Waals surface area contributed by atoms with Gasteiger partial charge in [-0.2, -0.15) is 0 Å². The Labute approximate surface area is 164 Å². The number of anilines is 1. The Kier molecular flexibility index (Phi) is 5.02. The molecule has 3 heterocycles. The van der Waals surface area contributed by atoms with Crippen molar-refractivity contribution in [3.05, 3.63) is 53.9 Å². The van der Waals surface area contributed by atoms with Gasteiger partial charge in [0.1, 0.15) is 11.5 Å². The van der Waals surface area contributed by atoms with Crippen molar-refractivity contribution in [1.29, 1.82) is 0 Å². The molecular formula is C21H25FN4O2. The summed E-state index contributed by atoms with van der Waals surface area (Å²) in [6.07, 6.45) is 5.70. The van der Waals surface area contributed by atoms with Crippen LogP contribution in [0.4, 0.5) is 10.1 Å². The lowest BCUT2D eigenvalue weighted by Gasteiger charge is -2.38. The molecule has 1 aromatic carbocycles. The number of ether oxygens (including phenoxy) is 1. The number of likely N-dealkylation sites (N-methyl/N-ethyl adjacent to an activating group) is 1. The molecular weight excluding hydrogens is 359 g/mol. The maximum Gasteiger partial charge on any atom is 0.274 e. The smallest absolute Gasteiger partial charge is 0.274 e. The predicted octanol–water partition coefficient (Wildman–Crippen LogP) is 2.82. The van der Waals surface area contributed by atoms with Crippen LogP contribution in [0.5, 0.6) is 0 Å². The summed E-state index contributed by atoms with van der Waals surface area (Å²) in [5, 5.41) is 0. The van der Waals surface area contributed by atoms with Crippen molar-refractivity contribution in [2.45, 2.75) is 37.8 Å². The fourth-order valence-electron chi connectivity index (χ4n) is 4.09. The van der Waals surface area contributed by atoms with Gasteiger partial charge in [0, 0.05) is 32.0 Å². The van der Waals surface area contributed by atoms with Crippen LogP contribution in [-0.2, 0) is 4.74 Å². The number of aromatic nitrogens is 2. The van der Waals surface area contributed by atoms with Crippen LogP contribution in [0.3, 0.4) is 0 Å². The second-order valence-corrected chi connectivity index (χ2v) is 7.77. The number of amides is 1. The van der Waals surface area contributed by atoms with E-state index in [1.807, 2.05) is 18.9 Å². The monoisotopic (exact) mass is 384 g/mol. The molecule has 1 amide bonds. The number of halogens is 1. The highest BCUT2D eigenvalue weighted by Gasteiger charge is 2.44. The molecule has 4 rings (SSSR count). The first kappa shape index (κ1) is 18.8. The maximum absolute atomic E-state index is 13.2. The highest BCUT2D eigenvalue weighted by atomic mass is 19.1. The molecule has 0 radical (unpaired) electrons. The largest absolute Gasteiger partial charge is 0.373 e. The van der Waals surface area contributed by atoms with E-state index < -0.39 is 0 Å². The Balaban J connectivity index is 1.36. The van der Waals surface area contributed by atoms with Crippen molar-refractivity contribution in [2.75, 3.05) is 31.6 Å². The summed E-state index contributed by atoms with van der Waals surface area (Å²) in [5.74, 6) is -0.299. The second kappa shape index (κ2) is 7.47. The van der Waals surface area contributed by atoms with E-state index in [1.165, 1.54) is 12.1 Å². The number of nitrogens with zero attached hydrogens (tertiary/aromatic N) is 4. The molecule has 2 aliphatic rings. The molecule has 1 atom stereocenters. The second-order valence-electron chi connectivity index (χ2n) is 7.77. The Morgan fingerprint density at radius 3 is 2.57 bits per heavy atom. The van der Waals surface area contributed by atoms with Gasteiger partial charge in [-0.05, 0) is 50.5 Å². The van der Waals surface area contributed by atoms with Crippen LogP contribution in [0.2, 0.25) is 0 Å². The Morgan fingerprint density at radius 2 is 1.93 bits per heavy atom. The Hall–Kier alpha value is -2.54. The molecule has 2 aromatic rings. The number of carbonyl (C=O) groups excluding carboxylic acids is 1. The fraction of sp³-hybridized carbons (Fsp3) is 0.476. The van der Waals surface area contributed by atoms with E-state index >= 15 is 0 Å². The zero-order valence-corrected chi connectivity index (χ0v) is 16.3. The van der Waals surface area contributed by atoms with Crippen molar-refractivity contribution < 1.29 is 13.9 Å². The summed E-state index contributed by atoms with van der Waals surface area (Å²) in [4.78, 5) is 25.0. The minimum Gasteiger partial charge on any atom is -0.373 e. The van der Waals surface area contributed by atoms with Crippen LogP contribution in [0.25, 0.3) is 0 Å². The molecule has 1 unspecified atom stereocenters. The first-order valence-corrected chi connectivity index (χ1v) is 9.66. The topological polar surface area (TPSA) is 58.6 Å². The summed E-state index contributed by atoms with van der Waals surface area (Å²) in [6.45, 7) is 3.80. The van der Waals surface area contributed by atoms with Crippen LogP contribution in [0, 0.1) is 12.7 Å². The van der Waals surface area contributed by atoms with Crippen molar-refractivity contribution in [3.63, 3.8) is 0 Å². The molecule has 0 N–H and O–H groups in total. The van der Waals surface area contributed by atoms with Gasteiger partial charge in [0.2, 0.25) is 0 Å². The zero-order chi connectivity index (χ0) is 19.7. The summed E-state index contributed by atoms with van der Waals surface area (Å²) in [5.41, 5.74) is 1.99. The summed E-state index contributed by atoms with van der Waals surface area (Å²) in [6, 6.07) is 6.80. The molecule has 2 saturated heterocycles. The molecule has 148 valence electrons. The Morgan fingerprint density at radius 1 is 1.21 bits per heavy atom. The zero-order valence-electron chi connectivity index (χ0n) is 16.3. The summed E-state index contributed by atoms with van der Waals surface area (Å²) < 4.78 is 19.4. The van der Waals surface area contributed by atoms with E-state index in [1.54, 1.807) is 24.5 Å². The SMILES string of the molecule is Cc1cnc(C(=O)N2CCC3(CC2)CC(N(C)c2ccc(F)cc2)CO3)cn1. The third-order valence-electron chi connectivity index (χ3n) is 5.93. The number of carbonyl (C=O) groups is 1. The van der Waals surface area contributed by atoms with Gasteiger partial charge in [0.25, 0.3) is 5.91 Å². The number of hydrogen-bond donors (Lipinski definition) is 0. The summed E-state index contributed by atoms with van der Waals surface area (Å²) >= 11 is 0. The van der Waals surface area contributed by atoms with Crippen molar-refractivity contribution in [2.24, 2.45) is 0 Å². The maximum atomic E-state index is 13.2. The molecule has 2 fully saturated rings. The highest BCUT2D eigenvalue weighted by Crippen LogP contribution is 2.38. The van der Waals surface area contributed by atoms with Gasteiger partial charge < -0.3 is 14.5 Å². The van der Waals surface area contributed by atoms with Gasteiger partial charge in [-0.25, -0.2) is 9.37 Å². The van der Waals surface area contributed by atoms with Gasteiger partial charge >= 0.3 is 0 Å². The molecule has 1 spiro atoms. The van der Waals surface area contributed by atoms with E-state index in [2.05, 4.69) is 14.9 Å². The van der Waals surface area contributed by atoms with Crippen molar-refractivity contribution in [3.8, 4) is 0 Å². The molecule has 2 aliphatic heterocycles.